The number of rotatable bonds is 1. The molecular weight excluding hydrogens is 194 g/mol. The van der Waals surface area contributed by atoms with Crippen molar-refractivity contribution in [3.05, 3.63) is 34.9 Å². The van der Waals surface area contributed by atoms with Crippen molar-refractivity contribution in [1.82, 2.24) is 5.32 Å². The van der Waals surface area contributed by atoms with Crippen LogP contribution >= 0.6 is 0 Å². The third-order valence-corrected chi connectivity index (χ3v) is 4.58. The second kappa shape index (κ2) is 3.59. The molecule has 1 heterocycles. The average molecular weight is 215 g/mol. The first kappa shape index (κ1) is 10.3. The minimum absolute atomic E-state index is 0.668. The molecule has 1 aliphatic heterocycles. The molecule has 0 amide bonds. The maximum absolute atomic E-state index is 3.44. The molecule has 86 valence electrons. The number of hydrogen-bond donors (Lipinski definition) is 1. The average Bonchev–Trinajstić information content (AvgIpc) is 2.66. The summed E-state index contributed by atoms with van der Waals surface area (Å²) in [7, 11) is 0. The molecule has 1 aromatic rings. The summed E-state index contributed by atoms with van der Waals surface area (Å²) >= 11 is 0. The van der Waals surface area contributed by atoms with Crippen LogP contribution in [0, 0.1) is 19.3 Å². The molecule has 1 aliphatic carbocycles. The second-order valence-corrected chi connectivity index (χ2v) is 5.90. The molecule has 2 fully saturated rings. The normalized spacial score (nSPS) is 27.0. The van der Waals surface area contributed by atoms with Crippen LogP contribution in [0.2, 0.25) is 0 Å². The van der Waals surface area contributed by atoms with Crippen molar-refractivity contribution in [2.75, 3.05) is 13.1 Å². The van der Waals surface area contributed by atoms with Gasteiger partial charge in [-0.05, 0) is 55.6 Å². The van der Waals surface area contributed by atoms with Crippen molar-refractivity contribution < 1.29 is 0 Å². The van der Waals surface area contributed by atoms with Crippen LogP contribution in [-0.2, 0) is 0 Å². The third-order valence-electron chi connectivity index (χ3n) is 4.58. The summed E-state index contributed by atoms with van der Waals surface area (Å²) < 4.78 is 0. The maximum atomic E-state index is 3.44. The smallest absolute Gasteiger partial charge is 0.00204 e. The van der Waals surface area contributed by atoms with E-state index in [1.807, 2.05) is 0 Å². The lowest BCUT2D eigenvalue weighted by Crippen LogP contribution is -2.51. The minimum Gasteiger partial charge on any atom is -0.316 e. The third kappa shape index (κ3) is 1.58. The van der Waals surface area contributed by atoms with Gasteiger partial charge in [-0.25, -0.2) is 0 Å². The van der Waals surface area contributed by atoms with Crippen LogP contribution in [0.1, 0.15) is 41.9 Å². The largest absolute Gasteiger partial charge is 0.316 e. The lowest BCUT2D eigenvalue weighted by Gasteiger charge is -2.39. The van der Waals surface area contributed by atoms with Crippen molar-refractivity contribution >= 4 is 0 Å². The van der Waals surface area contributed by atoms with Crippen LogP contribution in [0.4, 0.5) is 0 Å². The van der Waals surface area contributed by atoms with E-state index < -0.39 is 0 Å². The van der Waals surface area contributed by atoms with Gasteiger partial charge in [-0.1, -0.05) is 23.8 Å². The molecule has 1 heteroatoms. The fourth-order valence-electron chi connectivity index (χ4n) is 3.47. The summed E-state index contributed by atoms with van der Waals surface area (Å²) in [6.07, 6.45) is 4.23. The summed E-state index contributed by atoms with van der Waals surface area (Å²) in [6, 6.07) is 6.92. The zero-order valence-corrected chi connectivity index (χ0v) is 10.3. The molecule has 1 saturated heterocycles. The Kier molecular flexibility index (Phi) is 2.32. The lowest BCUT2D eigenvalue weighted by molar-refractivity contribution is 0.175. The maximum Gasteiger partial charge on any atom is 0.00204 e. The summed E-state index contributed by atoms with van der Waals surface area (Å²) in [5, 5.41) is 3.44. The van der Waals surface area contributed by atoms with Crippen LogP contribution in [0.25, 0.3) is 0 Å². The molecule has 1 N–H and O–H groups in total. The molecule has 0 bridgehead atoms. The van der Waals surface area contributed by atoms with Crippen molar-refractivity contribution in [3.8, 4) is 0 Å². The van der Waals surface area contributed by atoms with Gasteiger partial charge in [-0.15, -0.1) is 0 Å². The first-order valence-corrected chi connectivity index (χ1v) is 6.46. The lowest BCUT2D eigenvalue weighted by atomic mass is 9.78. The summed E-state index contributed by atoms with van der Waals surface area (Å²) in [4.78, 5) is 0. The molecule has 2 aliphatic rings. The highest BCUT2D eigenvalue weighted by Gasteiger charge is 2.44. The molecular formula is C15H21N. The van der Waals surface area contributed by atoms with Crippen LogP contribution in [-0.4, -0.2) is 13.1 Å². The molecule has 1 atom stereocenters. The van der Waals surface area contributed by atoms with Crippen LogP contribution in [0.5, 0.6) is 0 Å². The SMILES string of the molecule is Cc1ccc(C)c(C2CCC3(CNC3)C2)c1. The van der Waals surface area contributed by atoms with Crippen LogP contribution in [0.3, 0.4) is 0 Å². The number of aryl methyl sites for hydroxylation is 2. The van der Waals surface area contributed by atoms with Gasteiger partial charge in [0.25, 0.3) is 0 Å². The Bertz CT molecular complexity index is 404. The van der Waals surface area contributed by atoms with Gasteiger partial charge in [0.05, 0.1) is 0 Å². The number of hydrogen-bond acceptors (Lipinski definition) is 1. The predicted octanol–water partition coefficient (Wildman–Crippen LogP) is 3.16. The van der Waals surface area contributed by atoms with Gasteiger partial charge in [0, 0.05) is 13.1 Å². The van der Waals surface area contributed by atoms with Crippen LogP contribution in [0.15, 0.2) is 18.2 Å². The minimum atomic E-state index is 0.668. The molecule has 1 spiro atoms. The van der Waals surface area contributed by atoms with E-state index in [9.17, 15) is 0 Å². The fourth-order valence-corrected chi connectivity index (χ4v) is 3.47. The van der Waals surface area contributed by atoms with Crippen molar-refractivity contribution in [3.63, 3.8) is 0 Å². The topological polar surface area (TPSA) is 12.0 Å². The standard InChI is InChI=1S/C15H21N/c1-11-3-4-12(2)14(7-11)13-5-6-15(8-13)9-16-10-15/h3-4,7,13,16H,5-6,8-10H2,1-2H3. The van der Waals surface area contributed by atoms with Crippen molar-refractivity contribution in [2.45, 2.75) is 39.0 Å². The monoisotopic (exact) mass is 215 g/mol. The Hall–Kier alpha value is -0.820. The Balaban J connectivity index is 1.85. The highest BCUT2D eigenvalue weighted by Crippen LogP contribution is 2.49. The van der Waals surface area contributed by atoms with E-state index in [1.54, 1.807) is 5.56 Å². The molecule has 1 nitrogen and oxygen atoms in total. The molecule has 16 heavy (non-hydrogen) atoms. The molecule has 1 saturated carbocycles. The molecule has 1 aromatic carbocycles. The molecule has 0 radical (unpaired) electrons. The first-order chi connectivity index (χ1) is 7.69. The second-order valence-electron chi connectivity index (χ2n) is 5.90. The zero-order valence-electron chi connectivity index (χ0n) is 10.3. The highest BCUT2D eigenvalue weighted by atomic mass is 15.0. The molecule has 1 unspecified atom stereocenters. The number of benzene rings is 1. The highest BCUT2D eigenvalue weighted by molar-refractivity contribution is 5.34. The van der Waals surface area contributed by atoms with Crippen molar-refractivity contribution in [1.29, 1.82) is 0 Å². The van der Waals surface area contributed by atoms with Gasteiger partial charge in [-0.2, -0.15) is 0 Å². The molecule has 3 rings (SSSR count). The summed E-state index contributed by atoms with van der Waals surface area (Å²) in [5.74, 6) is 0.821. The van der Waals surface area contributed by atoms with Gasteiger partial charge >= 0.3 is 0 Å². The van der Waals surface area contributed by atoms with E-state index in [0.717, 1.165) is 5.92 Å². The van der Waals surface area contributed by atoms with E-state index in [1.165, 1.54) is 43.5 Å². The van der Waals surface area contributed by atoms with E-state index in [4.69, 9.17) is 0 Å². The number of nitrogens with one attached hydrogen (secondary N) is 1. The Labute approximate surface area is 98.3 Å². The van der Waals surface area contributed by atoms with Gasteiger partial charge in [0.2, 0.25) is 0 Å². The van der Waals surface area contributed by atoms with Crippen molar-refractivity contribution in [2.24, 2.45) is 5.41 Å². The van der Waals surface area contributed by atoms with Gasteiger partial charge < -0.3 is 5.32 Å². The Morgan fingerprint density at radius 2 is 2.06 bits per heavy atom. The van der Waals surface area contributed by atoms with E-state index in [0.29, 0.717) is 5.41 Å². The molecule has 0 aromatic heterocycles. The summed E-state index contributed by atoms with van der Waals surface area (Å²) in [5.41, 5.74) is 5.18. The van der Waals surface area contributed by atoms with E-state index >= 15 is 0 Å². The van der Waals surface area contributed by atoms with E-state index in [2.05, 4.69) is 37.4 Å². The van der Waals surface area contributed by atoms with E-state index in [-0.39, 0.29) is 0 Å². The fraction of sp³-hybridized carbons (Fsp3) is 0.600. The zero-order chi connectivity index (χ0) is 11.2. The Morgan fingerprint density at radius 3 is 2.69 bits per heavy atom. The quantitative estimate of drug-likeness (QED) is 0.759. The van der Waals surface area contributed by atoms with Gasteiger partial charge in [0.1, 0.15) is 0 Å². The predicted molar refractivity (Wildman–Crippen MR) is 67.8 cm³/mol. The first-order valence-electron chi connectivity index (χ1n) is 6.46. The van der Waals surface area contributed by atoms with Crippen LogP contribution < -0.4 is 5.32 Å². The van der Waals surface area contributed by atoms with Gasteiger partial charge in [-0.3, -0.25) is 0 Å². The summed E-state index contributed by atoms with van der Waals surface area (Å²) in [6.45, 7) is 6.99. The Morgan fingerprint density at radius 1 is 1.25 bits per heavy atom. The van der Waals surface area contributed by atoms with Gasteiger partial charge in [0.15, 0.2) is 0 Å².